The average molecular weight is 480 g/mol. The lowest BCUT2D eigenvalue weighted by Gasteiger charge is -2.38. The summed E-state index contributed by atoms with van der Waals surface area (Å²) < 4.78 is 16.6. The number of carboxylic acid groups (broad SMARTS) is 1. The topological polar surface area (TPSA) is 154 Å². The molecule has 1 unspecified atom stereocenters. The molecule has 1 fully saturated rings. The Morgan fingerprint density at radius 1 is 1.09 bits per heavy atom. The van der Waals surface area contributed by atoms with Crippen molar-refractivity contribution in [2.24, 2.45) is 5.92 Å². The van der Waals surface area contributed by atoms with Crippen LogP contribution in [0.5, 0.6) is 0 Å². The van der Waals surface area contributed by atoms with Gasteiger partial charge < -0.3 is 19.3 Å². The number of rotatable bonds is 11. The lowest BCUT2D eigenvalue weighted by atomic mass is 9.81. The Morgan fingerprint density at radius 3 is 2.27 bits per heavy atom. The molecule has 180 valence electrons. The highest BCUT2D eigenvalue weighted by Crippen LogP contribution is 2.39. The molecule has 3 N–H and O–H groups in total. The first kappa shape index (κ1) is 25.1. The van der Waals surface area contributed by atoms with Crippen molar-refractivity contribution >= 4 is 19.4 Å². The van der Waals surface area contributed by atoms with Crippen molar-refractivity contribution in [1.29, 1.82) is 0 Å². The molecule has 0 amide bonds. The van der Waals surface area contributed by atoms with Gasteiger partial charge in [-0.3, -0.25) is 24.4 Å². The number of carbonyl (C=O) groups is 1. The molecule has 1 atom stereocenters. The van der Waals surface area contributed by atoms with Gasteiger partial charge >= 0.3 is 19.4 Å². The number of hydrogen-bond donors (Lipinski definition) is 3. The second-order valence-corrected chi connectivity index (χ2v) is 10.3. The van der Waals surface area contributed by atoms with Crippen LogP contribution in [0, 0.1) is 16.0 Å². The van der Waals surface area contributed by atoms with Crippen molar-refractivity contribution in [1.82, 2.24) is 4.90 Å². The molecule has 1 saturated carbocycles. The number of benzene rings is 1. The maximum atomic E-state index is 11.7. The standard InChI is InChI=1S/C22H29N2O8P/c25-22(26)12-20(18-4-2-1-3-5-18)23(14-19-10-11-21(32-19)24(27)28)13-16-6-8-17(9-7-16)15-33(29,30)31/h6-11,18,20H,1-5,12-15H2,(H,25,26)(H2,29,30,31). The van der Waals surface area contributed by atoms with Crippen molar-refractivity contribution < 1.29 is 33.6 Å². The average Bonchev–Trinajstić information content (AvgIpc) is 3.21. The van der Waals surface area contributed by atoms with Crippen molar-refractivity contribution in [2.45, 2.75) is 63.8 Å². The molecule has 11 heteroatoms. The molecular formula is C22H29N2O8P. The molecule has 0 saturated heterocycles. The molecule has 1 aromatic heterocycles. The van der Waals surface area contributed by atoms with E-state index in [1.165, 1.54) is 12.1 Å². The van der Waals surface area contributed by atoms with Crippen LogP contribution in [0.2, 0.25) is 0 Å². The lowest BCUT2D eigenvalue weighted by Crippen LogP contribution is -2.42. The first-order chi connectivity index (χ1) is 15.6. The van der Waals surface area contributed by atoms with E-state index in [9.17, 15) is 34.4 Å². The normalized spacial score (nSPS) is 16.1. The SMILES string of the molecule is O=C(O)CC(C1CCCCC1)N(Cc1ccc(CP(=O)(O)O)cc1)Cc1ccc([N+](=O)[O-])o1. The fourth-order valence-electron chi connectivity index (χ4n) is 4.55. The number of carboxylic acids is 1. The molecule has 1 aliphatic carbocycles. The van der Waals surface area contributed by atoms with Crippen molar-refractivity contribution in [3.05, 3.63) is 63.4 Å². The van der Waals surface area contributed by atoms with E-state index < -0.39 is 18.5 Å². The summed E-state index contributed by atoms with van der Waals surface area (Å²) in [6.07, 6.45) is 4.65. The lowest BCUT2D eigenvalue weighted by molar-refractivity contribution is -0.402. The third-order valence-electron chi connectivity index (χ3n) is 6.03. The van der Waals surface area contributed by atoms with E-state index in [-0.39, 0.29) is 37.0 Å². The maximum Gasteiger partial charge on any atom is 0.433 e. The van der Waals surface area contributed by atoms with E-state index in [1.807, 2.05) is 4.90 Å². The number of hydrogen-bond acceptors (Lipinski definition) is 6. The third-order valence-corrected chi connectivity index (χ3v) is 6.81. The van der Waals surface area contributed by atoms with Crippen molar-refractivity contribution in [3.63, 3.8) is 0 Å². The molecule has 2 aromatic rings. The monoisotopic (exact) mass is 480 g/mol. The summed E-state index contributed by atoms with van der Waals surface area (Å²) in [6.45, 7) is 0.589. The van der Waals surface area contributed by atoms with Gasteiger partial charge in [0.05, 0.1) is 25.2 Å². The molecule has 33 heavy (non-hydrogen) atoms. The Balaban J connectivity index is 1.86. The number of furan rings is 1. The predicted molar refractivity (Wildman–Crippen MR) is 119 cm³/mol. The molecule has 0 bridgehead atoms. The molecule has 0 spiro atoms. The van der Waals surface area contributed by atoms with Gasteiger partial charge in [0.2, 0.25) is 0 Å². The van der Waals surface area contributed by atoms with Crippen LogP contribution in [0.3, 0.4) is 0 Å². The minimum atomic E-state index is -4.18. The Hall–Kier alpha value is -2.52. The molecule has 0 aliphatic heterocycles. The Kier molecular flexibility index (Phi) is 8.42. The Bertz CT molecular complexity index is 994. The summed E-state index contributed by atoms with van der Waals surface area (Å²) in [5.41, 5.74) is 1.35. The van der Waals surface area contributed by atoms with Crippen molar-refractivity contribution in [3.8, 4) is 0 Å². The van der Waals surface area contributed by atoms with E-state index >= 15 is 0 Å². The van der Waals surface area contributed by atoms with Gasteiger partial charge in [0.25, 0.3) is 0 Å². The van der Waals surface area contributed by atoms with Crippen molar-refractivity contribution in [2.75, 3.05) is 0 Å². The first-order valence-corrected chi connectivity index (χ1v) is 12.7. The largest absolute Gasteiger partial charge is 0.481 e. The number of aliphatic carboxylic acids is 1. The van der Waals surface area contributed by atoms with Crippen LogP contribution >= 0.6 is 7.60 Å². The van der Waals surface area contributed by atoms with E-state index in [0.717, 1.165) is 37.7 Å². The fourth-order valence-corrected chi connectivity index (χ4v) is 5.24. The van der Waals surface area contributed by atoms with E-state index in [4.69, 9.17) is 4.42 Å². The summed E-state index contributed by atoms with van der Waals surface area (Å²) in [7, 11) is -4.18. The molecule has 1 aromatic carbocycles. The summed E-state index contributed by atoms with van der Waals surface area (Å²) in [5, 5.41) is 20.6. The maximum absolute atomic E-state index is 11.7. The molecule has 10 nitrogen and oxygen atoms in total. The first-order valence-electron chi connectivity index (χ1n) is 10.9. The molecule has 1 aliphatic rings. The van der Waals surface area contributed by atoms with Crippen LogP contribution in [0.25, 0.3) is 0 Å². The fraction of sp³-hybridized carbons (Fsp3) is 0.500. The summed E-state index contributed by atoms with van der Waals surface area (Å²) in [5.74, 6) is -0.697. The van der Waals surface area contributed by atoms with Crippen LogP contribution in [-0.4, -0.2) is 36.7 Å². The summed E-state index contributed by atoms with van der Waals surface area (Å²) in [4.78, 5) is 42.5. The van der Waals surface area contributed by atoms with Gasteiger partial charge in [-0.1, -0.05) is 43.5 Å². The molecule has 3 rings (SSSR count). The molecular weight excluding hydrogens is 451 g/mol. The third kappa shape index (κ3) is 7.78. The summed E-state index contributed by atoms with van der Waals surface area (Å²) in [6, 6.07) is 9.38. The highest BCUT2D eigenvalue weighted by molar-refractivity contribution is 7.50. The zero-order valence-corrected chi connectivity index (χ0v) is 19.1. The van der Waals surface area contributed by atoms with Gasteiger partial charge in [-0.05, 0) is 36.0 Å². The number of nitro groups is 1. The highest BCUT2D eigenvalue weighted by atomic mass is 31.2. The zero-order chi connectivity index (χ0) is 24.0. The van der Waals surface area contributed by atoms with Crippen LogP contribution < -0.4 is 0 Å². The van der Waals surface area contributed by atoms with Crippen LogP contribution in [0.4, 0.5) is 5.88 Å². The van der Waals surface area contributed by atoms with E-state index in [0.29, 0.717) is 17.9 Å². The highest BCUT2D eigenvalue weighted by Gasteiger charge is 2.32. The van der Waals surface area contributed by atoms with Gasteiger partial charge in [-0.2, -0.15) is 0 Å². The summed E-state index contributed by atoms with van der Waals surface area (Å²) >= 11 is 0. The van der Waals surface area contributed by atoms with E-state index in [2.05, 4.69) is 0 Å². The minimum Gasteiger partial charge on any atom is -0.481 e. The second-order valence-electron chi connectivity index (χ2n) is 8.60. The van der Waals surface area contributed by atoms with E-state index in [1.54, 1.807) is 24.3 Å². The minimum absolute atomic E-state index is 0.0518. The van der Waals surface area contributed by atoms with Gasteiger partial charge in [0, 0.05) is 12.6 Å². The second kappa shape index (κ2) is 11.1. The van der Waals surface area contributed by atoms with Gasteiger partial charge in [-0.25, -0.2) is 0 Å². The predicted octanol–water partition coefficient (Wildman–Crippen LogP) is 4.29. The Labute approximate surface area is 191 Å². The van der Waals surface area contributed by atoms with Crippen LogP contribution in [-0.2, 0) is 28.6 Å². The zero-order valence-electron chi connectivity index (χ0n) is 18.2. The molecule has 1 heterocycles. The quantitative estimate of drug-likeness (QED) is 0.243. The smallest absolute Gasteiger partial charge is 0.433 e. The Morgan fingerprint density at radius 2 is 1.73 bits per heavy atom. The van der Waals surface area contributed by atoms with Gasteiger partial charge in [-0.15, -0.1) is 0 Å². The van der Waals surface area contributed by atoms with Gasteiger partial charge in [0.15, 0.2) is 0 Å². The number of nitrogens with zero attached hydrogens (tertiary/aromatic N) is 2. The van der Waals surface area contributed by atoms with Gasteiger partial charge in [0.1, 0.15) is 10.7 Å². The van der Waals surface area contributed by atoms with Crippen LogP contribution in [0.15, 0.2) is 40.8 Å². The van der Waals surface area contributed by atoms with Crippen LogP contribution in [0.1, 0.15) is 55.4 Å². The molecule has 0 radical (unpaired) electrons.